The summed E-state index contributed by atoms with van der Waals surface area (Å²) in [7, 11) is 0. The number of hydrogen-bond donors (Lipinski definition) is 0. The van der Waals surface area contributed by atoms with Gasteiger partial charge in [0.15, 0.2) is 0 Å². The molecule has 0 saturated heterocycles. The molecule has 0 N–H and O–H groups in total. The van der Waals surface area contributed by atoms with Crippen LogP contribution in [0.4, 0.5) is 0 Å². The molecule has 2 fully saturated rings. The lowest BCUT2D eigenvalue weighted by molar-refractivity contribution is 0.391. The van der Waals surface area contributed by atoms with E-state index in [1.807, 2.05) is 5.57 Å². The molecule has 88 valence electrons. The van der Waals surface area contributed by atoms with E-state index in [1.165, 1.54) is 51.4 Å². The zero-order valence-corrected chi connectivity index (χ0v) is 10.5. The van der Waals surface area contributed by atoms with Crippen molar-refractivity contribution in [3.8, 4) is 0 Å². The predicted molar refractivity (Wildman–Crippen MR) is 69.2 cm³/mol. The second kappa shape index (κ2) is 4.39. The summed E-state index contributed by atoms with van der Waals surface area (Å²) < 4.78 is 0. The van der Waals surface area contributed by atoms with Gasteiger partial charge in [-0.25, -0.2) is 0 Å². The minimum Gasteiger partial charge on any atom is -0.0838 e. The number of allylic oxidation sites excluding steroid dienone is 4. The molecule has 1 atom stereocenters. The van der Waals surface area contributed by atoms with Gasteiger partial charge in [-0.05, 0) is 50.9 Å². The van der Waals surface area contributed by atoms with Gasteiger partial charge in [0.05, 0.1) is 0 Å². The fourth-order valence-electron chi connectivity index (χ4n) is 3.77. The Labute approximate surface area is 99.8 Å². The van der Waals surface area contributed by atoms with Gasteiger partial charge < -0.3 is 0 Å². The standard InChI is InChI=1S/C16H24/c1-12-15(13-6-3-2-4-7-13)8-5-9-16(12)14-10-11-14/h5,9,13-14,16H,2-4,6-8,10-11H2,1H3. The summed E-state index contributed by atoms with van der Waals surface area (Å²) in [6.45, 7) is 2.43. The Morgan fingerprint density at radius 2 is 1.75 bits per heavy atom. The summed E-state index contributed by atoms with van der Waals surface area (Å²) in [4.78, 5) is 0. The summed E-state index contributed by atoms with van der Waals surface area (Å²) in [6, 6.07) is 0. The van der Waals surface area contributed by atoms with Crippen molar-refractivity contribution in [2.45, 2.75) is 58.3 Å². The van der Waals surface area contributed by atoms with Crippen molar-refractivity contribution in [3.05, 3.63) is 23.3 Å². The fourth-order valence-corrected chi connectivity index (χ4v) is 3.77. The van der Waals surface area contributed by atoms with Crippen LogP contribution < -0.4 is 0 Å². The lowest BCUT2D eigenvalue weighted by Gasteiger charge is -2.30. The van der Waals surface area contributed by atoms with E-state index in [0.29, 0.717) is 0 Å². The third-order valence-corrected chi connectivity index (χ3v) is 4.92. The first-order valence-electron chi connectivity index (χ1n) is 7.22. The lowest BCUT2D eigenvalue weighted by atomic mass is 9.75. The molecule has 0 radical (unpaired) electrons. The van der Waals surface area contributed by atoms with E-state index in [2.05, 4.69) is 19.1 Å². The van der Waals surface area contributed by atoms with E-state index in [9.17, 15) is 0 Å². The van der Waals surface area contributed by atoms with Gasteiger partial charge in [0, 0.05) is 5.92 Å². The van der Waals surface area contributed by atoms with Gasteiger partial charge in [-0.3, -0.25) is 0 Å². The van der Waals surface area contributed by atoms with Gasteiger partial charge >= 0.3 is 0 Å². The van der Waals surface area contributed by atoms with Crippen LogP contribution >= 0.6 is 0 Å². The molecule has 3 rings (SSSR count). The second-order valence-corrected chi connectivity index (χ2v) is 6.04. The molecule has 1 unspecified atom stereocenters. The zero-order valence-electron chi connectivity index (χ0n) is 10.5. The van der Waals surface area contributed by atoms with Crippen molar-refractivity contribution in [3.63, 3.8) is 0 Å². The smallest absolute Gasteiger partial charge is 0.000526 e. The van der Waals surface area contributed by atoms with E-state index in [0.717, 1.165) is 17.8 Å². The molecule has 0 bridgehead atoms. The molecule has 16 heavy (non-hydrogen) atoms. The third kappa shape index (κ3) is 1.99. The van der Waals surface area contributed by atoms with Gasteiger partial charge in [-0.1, -0.05) is 42.6 Å². The van der Waals surface area contributed by atoms with Crippen molar-refractivity contribution in [1.29, 1.82) is 0 Å². The SMILES string of the molecule is CC1=C(C2CCCCC2)CC=CC1C1CC1. The molecule has 0 spiro atoms. The van der Waals surface area contributed by atoms with Crippen LogP contribution in [0.25, 0.3) is 0 Å². The molecule has 2 saturated carbocycles. The van der Waals surface area contributed by atoms with Crippen molar-refractivity contribution in [1.82, 2.24) is 0 Å². The highest BCUT2D eigenvalue weighted by Gasteiger charge is 2.33. The number of rotatable bonds is 2. The maximum Gasteiger partial charge on any atom is 0.000526 e. The first kappa shape index (κ1) is 10.6. The van der Waals surface area contributed by atoms with Gasteiger partial charge in [-0.15, -0.1) is 0 Å². The summed E-state index contributed by atoms with van der Waals surface area (Å²) in [6.07, 6.45) is 16.5. The highest BCUT2D eigenvalue weighted by atomic mass is 14.4. The molecule has 0 heterocycles. The normalized spacial score (nSPS) is 32.2. The Morgan fingerprint density at radius 1 is 1.00 bits per heavy atom. The zero-order chi connectivity index (χ0) is 11.0. The van der Waals surface area contributed by atoms with Gasteiger partial charge in [0.2, 0.25) is 0 Å². The average molecular weight is 216 g/mol. The number of hydrogen-bond acceptors (Lipinski definition) is 0. The van der Waals surface area contributed by atoms with Crippen LogP contribution in [0.5, 0.6) is 0 Å². The maximum atomic E-state index is 2.50. The first-order chi connectivity index (χ1) is 7.86. The monoisotopic (exact) mass is 216 g/mol. The largest absolute Gasteiger partial charge is 0.0838 e. The summed E-state index contributed by atoms with van der Waals surface area (Å²) >= 11 is 0. The molecular formula is C16H24. The van der Waals surface area contributed by atoms with Crippen LogP contribution in [0.15, 0.2) is 23.3 Å². The molecule has 3 aliphatic rings. The van der Waals surface area contributed by atoms with E-state index in [1.54, 1.807) is 5.57 Å². The first-order valence-corrected chi connectivity index (χ1v) is 7.22. The summed E-state index contributed by atoms with van der Waals surface area (Å²) in [5.41, 5.74) is 3.59. The van der Waals surface area contributed by atoms with Crippen LogP contribution in [-0.4, -0.2) is 0 Å². The van der Waals surface area contributed by atoms with Gasteiger partial charge in [-0.2, -0.15) is 0 Å². The van der Waals surface area contributed by atoms with Crippen molar-refractivity contribution in [2.75, 3.05) is 0 Å². The highest BCUT2D eigenvalue weighted by Crippen LogP contribution is 2.46. The van der Waals surface area contributed by atoms with Gasteiger partial charge in [0.25, 0.3) is 0 Å². The minimum atomic E-state index is 0.825. The minimum absolute atomic E-state index is 0.825. The molecule has 3 aliphatic carbocycles. The van der Waals surface area contributed by atoms with Crippen LogP contribution in [0.1, 0.15) is 58.3 Å². The van der Waals surface area contributed by atoms with Crippen LogP contribution in [-0.2, 0) is 0 Å². The van der Waals surface area contributed by atoms with Crippen LogP contribution in [0.2, 0.25) is 0 Å². The Bertz CT molecular complexity index is 311. The molecule has 0 aromatic rings. The quantitative estimate of drug-likeness (QED) is 0.578. The average Bonchev–Trinajstić information content (AvgIpc) is 3.15. The Hall–Kier alpha value is -0.520. The van der Waals surface area contributed by atoms with E-state index in [-0.39, 0.29) is 0 Å². The van der Waals surface area contributed by atoms with Crippen molar-refractivity contribution in [2.24, 2.45) is 17.8 Å². The Balaban J connectivity index is 1.78. The van der Waals surface area contributed by atoms with Crippen molar-refractivity contribution < 1.29 is 0 Å². The molecule has 0 amide bonds. The molecule has 0 nitrogen and oxygen atoms in total. The molecule has 0 heteroatoms. The second-order valence-electron chi connectivity index (χ2n) is 6.04. The van der Waals surface area contributed by atoms with E-state index in [4.69, 9.17) is 0 Å². The highest BCUT2D eigenvalue weighted by molar-refractivity contribution is 5.30. The maximum absolute atomic E-state index is 2.50. The fraction of sp³-hybridized carbons (Fsp3) is 0.750. The predicted octanol–water partition coefficient (Wildman–Crippen LogP) is 4.87. The van der Waals surface area contributed by atoms with E-state index >= 15 is 0 Å². The summed E-state index contributed by atoms with van der Waals surface area (Å²) in [5.74, 6) is 2.78. The van der Waals surface area contributed by atoms with Gasteiger partial charge in [0.1, 0.15) is 0 Å². The van der Waals surface area contributed by atoms with Crippen molar-refractivity contribution >= 4 is 0 Å². The molecule has 0 aromatic heterocycles. The Kier molecular flexibility index (Phi) is 2.91. The summed E-state index contributed by atoms with van der Waals surface area (Å²) in [5, 5.41) is 0. The topological polar surface area (TPSA) is 0 Å². The lowest BCUT2D eigenvalue weighted by Crippen LogP contribution is -2.16. The van der Waals surface area contributed by atoms with Crippen LogP contribution in [0, 0.1) is 17.8 Å². The Morgan fingerprint density at radius 3 is 2.44 bits per heavy atom. The molecule has 0 aliphatic heterocycles. The third-order valence-electron chi connectivity index (χ3n) is 4.92. The van der Waals surface area contributed by atoms with E-state index < -0.39 is 0 Å². The molecular weight excluding hydrogens is 192 g/mol. The van der Waals surface area contributed by atoms with Crippen LogP contribution in [0.3, 0.4) is 0 Å². The molecule has 0 aromatic carbocycles.